The third-order valence-electron chi connectivity index (χ3n) is 3.82. The molecule has 0 aliphatic rings. The summed E-state index contributed by atoms with van der Waals surface area (Å²) in [5, 5.41) is 6.07. The van der Waals surface area contributed by atoms with Crippen LogP contribution in [-0.4, -0.2) is 31.6 Å². The average Bonchev–Trinajstić information content (AvgIpc) is 2.59. The van der Waals surface area contributed by atoms with Crippen molar-refractivity contribution < 1.29 is 14.3 Å². The fourth-order valence-electron chi connectivity index (χ4n) is 2.28. The average molecular weight is 389 g/mol. The minimum Gasteiger partial charge on any atom is -0.362 e. The summed E-state index contributed by atoms with van der Waals surface area (Å²) in [6.07, 6.45) is 4.46. The van der Waals surface area contributed by atoms with Crippen LogP contribution < -0.4 is 10.6 Å². The lowest BCUT2D eigenvalue weighted by Crippen LogP contribution is -2.33. The fourth-order valence-corrected chi connectivity index (χ4v) is 2.62. The summed E-state index contributed by atoms with van der Waals surface area (Å²) in [7, 11) is 0. The van der Waals surface area contributed by atoms with Gasteiger partial charge in [-0.2, -0.15) is 0 Å². The van der Waals surface area contributed by atoms with Crippen LogP contribution in [-0.2, 0) is 14.3 Å². The van der Waals surface area contributed by atoms with Crippen molar-refractivity contribution in [1.29, 1.82) is 0 Å². The summed E-state index contributed by atoms with van der Waals surface area (Å²) in [6, 6.07) is 4.95. The van der Waals surface area contributed by atoms with Crippen LogP contribution >= 0.6 is 23.2 Å². The maximum Gasteiger partial charge on any atom is 0.250 e. The van der Waals surface area contributed by atoms with Crippen molar-refractivity contribution in [3.05, 3.63) is 28.2 Å². The minimum atomic E-state index is -0.397. The summed E-state index contributed by atoms with van der Waals surface area (Å²) in [4.78, 5) is 23.6. The molecule has 0 spiro atoms. The van der Waals surface area contributed by atoms with E-state index in [0.29, 0.717) is 23.2 Å². The van der Waals surface area contributed by atoms with Crippen molar-refractivity contribution >= 4 is 40.7 Å². The maximum atomic E-state index is 11.8. The van der Waals surface area contributed by atoms with E-state index in [9.17, 15) is 9.59 Å². The first-order valence-electron chi connectivity index (χ1n) is 8.56. The van der Waals surface area contributed by atoms with Gasteiger partial charge in [0.05, 0.1) is 15.7 Å². The number of halogens is 2. The lowest BCUT2D eigenvalue weighted by atomic mass is 9.99. The smallest absolute Gasteiger partial charge is 0.250 e. The van der Waals surface area contributed by atoms with Crippen LogP contribution in [0.4, 0.5) is 5.69 Å². The van der Waals surface area contributed by atoms with Gasteiger partial charge in [0, 0.05) is 6.54 Å². The quantitative estimate of drug-likeness (QED) is 0.594. The number of benzene rings is 1. The van der Waals surface area contributed by atoms with Gasteiger partial charge in [-0.3, -0.25) is 9.59 Å². The van der Waals surface area contributed by atoms with Crippen LogP contribution in [0.15, 0.2) is 18.2 Å². The second-order valence-corrected chi connectivity index (χ2v) is 6.65. The first kappa shape index (κ1) is 21.7. The van der Waals surface area contributed by atoms with Crippen LogP contribution in [0.3, 0.4) is 0 Å². The van der Waals surface area contributed by atoms with Crippen molar-refractivity contribution in [2.24, 2.45) is 5.92 Å². The molecule has 1 rings (SSSR count). The van der Waals surface area contributed by atoms with E-state index in [0.717, 1.165) is 25.7 Å². The number of anilines is 1. The van der Waals surface area contributed by atoms with Gasteiger partial charge in [-0.05, 0) is 24.5 Å². The minimum absolute atomic E-state index is 0.152. The molecule has 0 unspecified atom stereocenters. The first-order valence-corrected chi connectivity index (χ1v) is 9.31. The Labute approximate surface area is 159 Å². The highest BCUT2D eigenvalue weighted by Crippen LogP contribution is 2.29. The predicted molar refractivity (Wildman–Crippen MR) is 102 cm³/mol. The van der Waals surface area contributed by atoms with E-state index < -0.39 is 5.91 Å². The molecule has 2 amide bonds. The first-order chi connectivity index (χ1) is 12.0. The van der Waals surface area contributed by atoms with Gasteiger partial charge in [0.1, 0.15) is 13.2 Å². The molecule has 0 saturated carbocycles. The van der Waals surface area contributed by atoms with Gasteiger partial charge < -0.3 is 15.4 Å². The standard InChI is InChI=1S/C18H26Cl2N2O3/c1-3-5-7-13(4-2)10-21-16(23)11-25-12-17(24)22-15-9-6-8-14(19)18(15)20/h6,8-9,13H,3-5,7,10-12H2,1-2H3,(H,21,23)(H,22,24)/t13-/m0/s1. The van der Waals surface area contributed by atoms with Crippen LogP contribution in [0.5, 0.6) is 0 Å². The number of amides is 2. The van der Waals surface area contributed by atoms with Gasteiger partial charge in [-0.1, -0.05) is 62.4 Å². The van der Waals surface area contributed by atoms with E-state index >= 15 is 0 Å². The molecule has 0 aromatic heterocycles. The summed E-state index contributed by atoms with van der Waals surface area (Å²) >= 11 is 11.9. The molecule has 1 aromatic rings. The molecule has 2 N–H and O–H groups in total. The number of hydrogen-bond donors (Lipinski definition) is 2. The Morgan fingerprint density at radius 3 is 2.56 bits per heavy atom. The van der Waals surface area contributed by atoms with Crippen molar-refractivity contribution in [2.75, 3.05) is 25.1 Å². The normalized spacial score (nSPS) is 11.8. The van der Waals surface area contributed by atoms with Crippen molar-refractivity contribution in [1.82, 2.24) is 5.32 Å². The summed E-state index contributed by atoms with van der Waals surface area (Å²) in [6.45, 7) is 4.53. The van der Waals surface area contributed by atoms with E-state index in [-0.39, 0.29) is 24.1 Å². The topological polar surface area (TPSA) is 67.4 Å². The molecule has 0 heterocycles. The van der Waals surface area contributed by atoms with Crippen molar-refractivity contribution in [3.8, 4) is 0 Å². The summed E-state index contributed by atoms with van der Waals surface area (Å²) in [5.41, 5.74) is 0.411. The molecule has 25 heavy (non-hydrogen) atoms. The number of carbonyl (C=O) groups is 2. The number of nitrogens with one attached hydrogen (secondary N) is 2. The number of rotatable bonds is 11. The lowest BCUT2D eigenvalue weighted by molar-refractivity contribution is -0.128. The molecule has 140 valence electrons. The number of carbonyl (C=O) groups excluding carboxylic acids is 2. The summed E-state index contributed by atoms with van der Waals surface area (Å²) in [5.74, 6) is -0.132. The second-order valence-electron chi connectivity index (χ2n) is 5.86. The van der Waals surface area contributed by atoms with Crippen LogP contribution in [0.2, 0.25) is 10.0 Å². The Morgan fingerprint density at radius 2 is 1.88 bits per heavy atom. The zero-order chi connectivity index (χ0) is 18.7. The van der Waals surface area contributed by atoms with Gasteiger partial charge in [0.2, 0.25) is 11.8 Å². The molecule has 7 heteroatoms. The van der Waals surface area contributed by atoms with Gasteiger partial charge in [-0.15, -0.1) is 0 Å². The monoisotopic (exact) mass is 388 g/mol. The number of hydrogen-bond acceptors (Lipinski definition) is 3. The van der Waals surface area contributed by atoms with Crippen molar-refractivity contribution in [3.63, 3.8) is 0 Å². The molecule has 0 aliphatic carbocycles. The Balaban J connectivity index is 2.26. The molecule has 0 aliphatic heterocycles. The Hall–Kier alpha value is -1.30. The van der Waals surface area contributed by atoms with E-state index in [1.807, 2.05) is 0 Å². The van der Waals surface area contributed by atoms with Crippen LogP contribution in [0.1, 0.15) is 39.5 Å². The Morgan fingerprint density at radius 1 is 1.16 bits per heavy atom. The molecule has 0 radical (unpaired) electrons. The highest BCUT2D eigenvalue weighted by molar-refractivity contribution is 6.43. The highest BCUT2D eigenvalue weighted by Gasteiger charge is 2.11. The van der Waals surface area contributed by atoms with E-state index in [2.05, 4.69) is 24.5 Å². The van der Waals surface area contributed by atoms with Crippen molar-refractivity contribution in [2.45, 2.75) is 39.5 Å². The largest absolute Gasteiger partial charge is 0.362 e. The Kier molecular flexibility index (Phi) is 10.5. The van der Waals surface area contributed by atoms with Gasteiger partial charge in [-0.25, -0.2) is 0 Å². The third-order valence-corrected chi connectivity index (χ3v) is 4.64. The highest BCUT2D eigenvalue weighted by atomic mass is 35.5. The number of unbranched alkanes of at least 4 members (excludes halogenated alkanes) is 1. The van der Waals surface area contributed by atoms with E-state index in [4.69, 9.17) is 27.9 Å². The van der Waals surface area contributed by atoms with Gasteiger partial charge >= 0.3 is 0 Å². The number of ether oxygens (including phenoxy) is 1. The van der Waals surface area contributed by atoms with E-state index in [1.54, 1.807) is 18.2 Å². The zero-order valence-corrected chi connectivity index (χ0v) is 16.3. The predicted octanol–water partition coefficient (Wildman–Crippen LogP) is 4.28. The Bertz CT molecular complexity index is 567. The van der Waals surface area contributed by atoms with Crippen LogP contribution in [0, 0.1) is 5.92 Å². The molecular weight excluding hydrogens is 363 g/mol. The molecular formula is C18H26Cl2N2O3. The zero-order valence-electron chi connectivity index (χ0n) is 14.7. The lowest BCUT2D eigenvalue weighted by Gasteiger charge is -2.15. The maximum absolute atomic E-state index is 11.8. The van der Waals surface area contributed by atoms with E-state index in [1.165, 1.54) is 0 Å². The molecule has 5 nitrogen and oxygen atoms in total. The molecule has 1 atom stereocenters. The fraction of sp³-hybridized carbons (Fsp3) is 0.556. The second kappa shape index (κ2) is 12.1. The van der Waals surface area contributed by atoms with Crippen LogP contribution in [0.25, 0.3) is 0 Å². The molecule has 1 aromatic carbocycles. The SMILES string of the molecule is CCCC[C@H](CC)CNC(=O)COCC(=O)Nc1cccc(Cl)c1Cl. The summed E-state index contributed by atoms with van der Waals surface area (Å²) < 4.78 is 5.15. The molecule has 0 saturated heterocycles. The third kappa shape index (κ3) is 8.56. The molecule has 0 bridgehead atoms. The molecule has 0 fully saturated rings. The van der Waals surface area contributed by atoms with Gasteiger partial charge in [0.25, 0.3) is 0 Å². The van der Waals surface area contributed by atoms with Gasteiger partial charge in [0.15, 0.2) is 0 Å².